The summed E-state index contributed by atoms with van der Waals surface area (Å²) in [6, 6.07) is 10.1. The first kappa shape index (κ1) is 10.9. The standard InChI is InChI=1S/C15H16O/c1-2-11-15(12-7-6-10-14(15)16)13-8-4-3-5-9-13/h2-10,12,14,16H,1,11H2. The third-order valence-electron chi connectivity index (χ3n) is 3.12. The summed E-state index contributed by atoms with van der Waals surface area (Å²) in [5, 5.41) is 10.2. The molecule has 0 aliphatic heterocycles. The molecular formula is C15H16O. The van der Waals surface area contributed by atoms with E-state index in [0.717, 1.165) is 12.0 Å². The second-order valence-electron chi connectivity index (χ2n) is 4.09. The summed E-state index contributed by atoms with van der Waals surface area (Å²) in [5.41, 5.74) is 0.778. The normalized spacial score (nSPS) is 27.9. The lowest BCUT2D eigenvalue weighted by molar-refractivity contribution is 0.150. The fraction of sp³-hybridized carbons (Fsp3) is 0.200. The van der Waals surface area contributed by atoms with E-state index >= 15 is 0 Å². The molecule has 0 aromatic heterocycles. The topological polar surface area (TPSA) is 20.2 Å². The van der Waals surface area contributed by atoms with Crippen LogP contribution in [-0.2, 0) is 5.41 Å². The first-order chi connectivity index (χ1) is 7.79. The van der Waals surface area contributed by atoms with E-state index in [4.69, 9.17) is 0 Å². The van der Waals surface area contributed by atoms with Crippen LogP contribution in [0, 0.1) is 0 Å². The van der Waals surface area contributed by atoms with Gasteiger partial charge in [-0.1, -0.05) is 60.7 Å². The summed E-state index contributed by atoms with van der Waals surface area (Å²) >= 11 is 0. The van der Waals surface area contributed by atoms with Crippen LogP contribution in [-0.4, -0.2) is 11.2 Å². The summed E-state index contributed by atoms with van der Waals surface area (Å²) in [6.07, 6.45) is 9.88. The third-order valence-corrected chi connectivity index (χ3v) is 3.12. The number of hydrogen-bond acceptors (Lipinski definition) is 1. The van der Waals surface area contributed by atoms with Crippen LogP contribution in [0.5, 0.6) is 0 Å². The maximum Gasteiger partial charge on any atom is 0.0858 e. The predicted octanol–water partition coefficient (Wildman–Crippen LogP) is 2.99. The SMILES string of the molecule is C=CCC1(c2ccccc2)C=CC=CC1O. The fourth-order valence-corrected chi connectivity index (χ4v) is 2.23. The summed E-state index contributed by atoms with van der Waals surface area (Å²) < 4.78 is 0. The van der Waals surface area contributed by atoms with Gasteiger partial charge in [0.15, 0.2) is 0 Å². The molecule has 0 heterocycles. The molecule has 0 spiro atoms. The molecule has 2 rings (SSSR count). The lowest BCUT2D eigenvalue weighted by Crippen LogP contribution is -2.37. The Morgan fingerprint density at radius 1 is 1.25 bits per heavy atom. The van der Waals surface area contributed by atoms with Gasteiger partial charge in [0.2, 0.25) is 0 Å². The number of benzene rings is 1. The van der Waals surface area contributed by atoms with Crippen LogP contribution in [0.25, 0.3) is 0 Å². The molecule has 1 aliphatic carbocycles. The van der Waals surface area contributed by atoms with Gasteiger partial charge >= 0.3 is 0 Å². The maximum atomic E-state index is 10.2. The van der Waals surface area contributed by atoms with Gasteiger partial charge in [0.1, 0.15) is 0 Å². The first-order valence-electron chi connectivity index (χ1n) is 5.50. The number of allylic oxidation sites excluding steroid dienone is 3. The van der Waals surface area contributed by atoms with E-state index in [1.165, 1.54) is 0 Å². The summed E-state index contributed by atoms with van der Waals surface area (Å²) in [5.74, 6) is 0. The highest BCUT2D eigenvalue weighted by Crippen LogP contribution is 2.36. The van der Waals surface area contributed by atoms with Crippen molar-refractivity contribution in [3.63, 3.8) is 0 Å². The van der Waals surface area contributed by atoms with Gasteiger partial charge in [-0.25, -0.2) is 0 Å². The van der Waals surface area contributed by atoms with Gasteiger partial charge in [0, 0.05) is 5.41 Å². The zero-order valence-corrected chi connectivity index (χ0v) is 9.21. The van der Waals surface area contributed by atoms with Crippen LogP contribution in [0.15, 0.2) is 67.3 Å². The van der Waals surface area contributed by atoms with Crippen molar-refractivity contribution in [2.75, 3.05) is 0 Å². The Morgan fingerprint density at radius 3 is 2.62 bits per heavy atom. The van der Waals surface area contributed by atoms with E-state index in [9.17, 15) is 5.11 Å². The van der Waals surface area contributed by atoms with Crippen LogP contribution in [0.3, 0.4) is 0 Å². The Balaban J connectivity index is 2.47. The highest BCUT2D eigenvalue weighted by atomic mass is 16.3. The number of hydrogen-bond donors (Lipinski definition) is 1. The predicted molar refractivity (Wildman–Crippen MR) is 67.2 cm³/mol. The zero-order chi connectivity index (χ0) is 11.4. The van der Waals surface area contributed by atoms with E-state index in [-0.39, 0.29) is 5.41 Å². The number of rotatable bonds is 3. The van der Waals surface area contributed by atoms with Crippen molar-refractivity contribution in [1.29, 1.82) is 0 Å². The molecule has 0 saturated carbocycles. The lowest BCUT2D eigenvalue weighted by Gasteiger charge is -2.35. The van der Waals surface area contributed by atoms with E-state index in [2.05, 4.69) is 24.8 Å². The fourth-order valence-electron chi connectivity index (χ4n) is 2.23. The van der Waals surface area contributed by atoms with Crippen molar-refractivity contribution in [1.82, 2.24) is 0 Å². The second-order valence-corrected chi connectivity index (χ2v) is 4.09. The van der Waals surface area contributed by atoms with Gasteiger partial charge in [-0.3, -0.25) is 0 Å². The van der Waals surface area contributed by atoms with Gasteiger partial charge in [-0.05, 0) is 12.0 Å². The molecule has 1 nitrogen and oxygen atoms in total. The largest absolute Gasteiger partial charge is 0.388 e. The van der Waals surface area contributed by atoms with Crippen LogP contribution in [0.2, 0.25) is 0 Å². The Hall–Kier alpha value is -1.60. The van der Waals surface area contributed by atoms with E-state index in [1.54, 1.807) is 0 Å². The van der Waals surface area contributed by atoms with Crippen molar-refractivity contribution < 1.29 is 5.11 Å². The van der Waals surface area contributed by atoms with Crippen LogP contribution in [0.4, 0.5) is 0 Å². The molecule has 0 amide bonds. The van der Waals surface area contributed by atoms with E-state index in [1.807, 2.05) is 42.5 Å². The minimum atomic E-state index is -0.488. The molecule has 1 aromatic carbocycles. The minimum Gasteiger partial charge on any atom is -0.388 e. The molecule has 0 fully saturated rings. The molecule has 16 heavy (non-hydrogen) atoms. The molecule has 82 valence electrons. The van der Waals surface area contributed by atoms with Gasteiger partial charge in [-0.2, -0.15) is 0 Å². The molecular weight excluding hydrogens is 196 g/mol. The molecule has 1 heteroatoms. The molecule has 2 atom stereocenters. The smallest absolute Gasteiger partial charge is 0.0858 e. The molecule has 0 bridgehead atoms. The Labute approximate surface area is 96.4 Å². The molecule has 1 aliphatic rings. The average Bonchev–Trinajstić information content (AvgIpc) is 2.34. The average molecular weight is 212 g/mol. The summed E-state index contributed by atoms with van der Waals surface area (Å²) in [7, 11) is 0. The van der Waals surface area contributed by atoms with Crippen LogP contribution < -0.4 is 0 Å². The van der Waals surface area contributed by atoms with Crippen molar-refractivity contribution in [3.05, 3.63) is 72.9 Å². The van der Waals surface area contributed by atoms with Gasteiger partial charge in [0.25, 0.3) is 0 Å². The van der Waals surface area contributed by atoms with E-state index in [0.29, 0.717) is 0 Å². The van der Waals surface area contributed by atoms with Crippen molar-refractivity contribution in [2.24, 2.45) is 0 Å². The van der Waals surface area contributed by atoms with Crippen molar-refractivity contribution in [2.45, 2.75) is 17.9 Å². The highest BCUT2D eigenvalue weighted by Gasteiger charge is 2.35. The summed E-state index contributed by atoms with van der Waals surface area (Å²) in [4.78, 5) is 0. The Morgan fingerprint density at radius 2 is 2.00 bits per heavy atom. The van der Waals surface area contributed by atoms with Crippen molar-refractivity contribution in [3.8, 4) is 0 Å². The molecule has 0 saturated heterocycles. The van der Waals surface area contributed by atoms with Gasteiger partial charge < -0.3 is 5.11 Å². The Bertz CT molecular complexity index is 416. The highest BCUT2D eigenvalue weighted by molar-refractivity contribution is 5.39. The zero-order valence-electron chi connectivity index (χ0n) is 9.21. The maximum absolute atomic E-state index is 10.2. The van der Waals surface area contributed by atoms with Crippen LogP contribution >= 0.6 is 0 Å². The molecule has 1 N–H and O–H groups in total. The minimum absolute atomic E-state index is 0.349. The molecule has 0 radical (unpaired) electrons. The first-order valence-corrected chi connectivity index (χ1v) is 5.50. The quantitative estimate of drug-likeness (QED) is 0.764. The number of aliphatic hydroxyl groups excluding tert-OH is 1. The molecule has 1 aromatic rings. The van der Waals surface area contributed by atoms with Gasteiger partial charge in [0.05, 0.1) is 6.10 Å². The van der Waals surface area contributed by atoms with Crippen LogP contribution in [0.1, 0.15) is 12.0 Å². The third kappa shape index (κ3) is 1.74. The lowest BCUT2D eigenvalue weighted by atomic mass is 9.71. The van der Waals surface area contributed by atoms with E-state index < -0.39 is 6.10 Å². The second kappa shape index (κ2) is 4.50. The number of aliphatic hydroxyl groups is 1. The van der Waals surface area contributed by atoms with Gasteiger partial charge in [-0.15, -0.1) is 6.58 Å². The molecule has 2 unspecified atom stereocenters. The summed E-state index contributed by atoms with van der Waals surface area (Å²) in [6.45, 7) is 3.79. The van der Waals surface area contributed by atoms with Crippen molar-refractivity contribution >= 4 is 0 Å². The monoisotopic (exact) mass is 212 g/mol. The Kier molecular flexibility index (Phi) is 3.07.